The summed E-state index contributed by atoms with van der Waals surface area (Å²) in [5.74, 6) is -2.57. The number of benzene rings is 2. The summed E-state index contributed by atoms with van der Waals surface area (Å²) in [7, 11) is 2.00. The largest absolute Gasteiger partial charge is 0.490 e. The second-order valence-electron chi connectivity index (χ2n) is 8.97. The molecule has 0 radical (unpaired) electrons. The predicted octanol–water partition coefficient (Wildman–Crippen LogP) is 3.50. The van der Waals surface area contributed by atoms with Crippen LogP contribution in [-0.2, 0) is 9.59 Å². The van der Waals surface area contributed by atoms with Gasteiger partial charge in [0, 0.05) is 30.9 Å². The Balaban J connectivity index is 0.000000429. The fourth-order valence-corrected chi connectivity index (χ4v) is 4.33. The molecule has 2 aliphatic rings. The monoisotopic (exact) mass is 491 g/mol. The first kappa shape index (κ1) is 26.2. The molecule has 7 nitrogen and oxygen atoms in total. The Labute approximate surface area is 201 Å². The number of carbonyl (C=O) groups is 3. The number of likely N-dealkylation sites (N-methyl/N-ethyl adjacent to an activating group) is 1. The molecular formula is C25H28F3N3O4. The zero-order chi connectivity index (χ0) is 26.0. The Morgan fingerprint density at radius 1 is 1.00 bits per heavy atom. The van der Waals surface area contributed by atoms with Gasteiger partial charge in [-0.3, -0.25) is 14.5 Å². The number of likely N-dealkylation sites (tertiary alicyclic amines) is 1. The van der Waals surface area contributed by atoms with Crippen LogP contribution >= 0.6 is 0 Å². The number of halogens is 3. The maximum atomic E-state index is 13.1. The number of hydrogen-bond donors (Lipinski definition) is 1. The van der Waals surface area contributed by atoms with Crippen LogP contribution in [0.15, 0.2) is 48.5 Å². The molecule has 1 atom stereocenters. The van der Waals surface area contributed by atoms with Gasteiger partial charge >= 0.3 is 12.1 Å². The third kappa shape index (κ3) is 5.82. The van der Waals surface area contributed by atoms with Crippen LogP contribution in [-0.4, -0.2) is 77.6 Å². The van der Waals surface area contributed by atoms with Gasteiger partial charge < -0.3 is 14.9 Å². The third-order valence-corrected chi connectivity index (χ3v) is 6.62. The average Bonchev–Trinajstić information content (AvgIpc) is 3.23. The summed E-state index contributed by atoms with van der Waals surface area (Å²) in [6, 6.07) is 15.7. The molecule has 0 aliphatic carbocycles. The molecule has 2 amide bonds. The molecule has 2 aromatic carbocycles. The molecular weight excluding hydrogens is 463 g/mol. The summed E-state index contributed by atoms with van der Waals surface area (Å²) in [5.41, 5.74) is 3.81. The Bertz CT molecular complexity index is 1110. The van der Waals surface area contributed by atoms with Crippen LogP contribution in [0.4, 0.5) is 18.9 Å². The number of hydrogen-bond acceptors (Lipinski definition) is 4. The topological polar surface area (TPSA) is 81.2 Å². The quantitative estimate of drug-likeness (QED) is 0.696. The number of anilines is 1. The Morgan fingerprint density at radius 2 is 1.63 bits per heavy atom. The van der Waals surface area contributed by atoms with Gasteiger partial charge in [0.2, 0.25) is 5.91 Å². The SMILES string of the molecule is Cc1ccc(C(=O)N2CCC3(C2)CN(c2ccccc2)C(=O)CN3C)cc1C.O=C(O)C(F)(F)F. The maximum Gasteiger partial charge on any atom is 0.490 e. The van der Waals surface area contributed by atoms with Gasteiger partial charge in [-0.25, -0.2) is 4.79 Å². The van der Waals surface area contributed by atoms with Crippen molar-refractivity contribution in [2.24, 2.45) is 0 Å². The lowest BCUT2D eigenvalue weighted by molar-refractivity contribution is -0.192. The summed E-state index contributed by atoms with van der Waals surface area (Å²) < 4.78 is 31.7. The summed E-state index contributed by atoms with van der Waals surface area (Å²) in [5, 5.41) is 7.12. The number of aliphatic carboxylic acids is 1. The molecule has 0 bridgehead atoms. The number of carboxylic acid groups (broad SMARTS) is 1. The number of para-hydroxylation sites is 1. The Hall–Kier alpha value is -3.40. The molecule has 2 fully saturated rings. The number of nitrogens with zero attached hydrogens (tertiary/aromatic N) is 3. The van der Waals surface area contributed by atoms with E-state index in [-0.39, 0.29) is 17.4 Å². The number of aryl methyl sites for hydroxylation is 2. The normalized spacial score (nSPS) is 20.6. The van der Waals surface area contributed by atoms with E-state index >= 15 is 0 Å². The molecule has 0 aromatic heterocycles. The van der Waals surface area contributed by atoms with Crippen LogP contribution in [0.25, 0.3) is 0 Å². The summed E-state index contributed by atoms with van der Waals surface area (Å²) in [4.78, 5) is 40.6. The number of alkyl halides is 3. The van der Waals surface area contributed by atoms with E-state index in [0.29, 0.717) is 26.2 Å². The van der Waals surface area contributed by atoms with E-state index in [1.165, 1.54) is 5.56 Å². The number of carboxylic acids is 1. The molecule has 2 aromatic rings. The standard InChI is InChI=1S/C23H27N3O2.C2HF3O2/c1-17-9-10-19(13-18(17)2)22(28)25-12-11-23(15-25)16-26(21(27)14-24(23)3)20-7-5-4-6-8-20;3-2(4,5)1(6)7/h4-10,13H,11-12,14-16H2,1-3H3;(H,6,7). The average molecular weight is 492 g/mol. The van der Waals surface area contributed by atoms with Gasteiger partial charge in [0.1, 0.15) is 0 Å². The van der Waals surface area contributed by atoms with Crippen molar-refractivity contribution in [1.29, 1.82) is 0 Å². The lowest BCUT2D eigenvalue weighted by atomic mass is 9.92. The van der Waals surface area contributed by atoms with Gasteiger partial charge in [-0.05, 0) is 62.7 Å². The van der Waals surface area contributed by atoms with E-state index in [0.717, 1.165) is 23.2 Å². The van der Waals surface area contributed by atoms with Crippen molar-refractivity contribution >= 4 is 23.5 Å². The van der Waals surface area contributed by atoms with Crippen LogP contribution in [0.1, 0.15) is 27.9 Å². The lowest BCUT2D eigenvalue weighted by Gasteiger charge is -2.46. The summed E-state index contributed by atoms with van der Waals surface area (Å²) in [6.45, 7) is 6.44. The minimum Gasteiger partial charge on any atom is -0.475 e. The van der Waals surface area contributed by atoms with Crippen molar-refractivity contribution in [2.75, 3.05) is 38.1 Å². The minimum absolute atomic E-state index is 0.0801. The fraction of sp³-hybridized carbons (Fsp3) is 0.400. The molecule has 1 N–H and O–H groups in total. The molecule has 10 heteroatoms. The van der Waals surface area contributed by atoms with Gasteiger partial charge in [-0.15, -0.1) is 0 Å². The molecule has 4 rings (SSSR count). The molecule has 2 saturated heterocycles. The highest BCUT2D eigenvalue weighted by Gasteiger charge is 2.48. The number of carbonyl (C=O) groups excluding carboxylic acids is 2. The van der Waals surface area contributed by atoms with Crippen molar-refractivity contribution in [1.82, 2.24) is 9.80 Å². The van der Waals surface area contributed by atoms with Crippen molar-refractivity contribution in [2.45, 2.75) is 32.0 Å². The molecule has 35 heavy (non-hydrogen) atoms. The van der Waals surface area contributed by atoms with Crippen LogP contribution < -0.4 is 4.90 Å². The van der Waals surface area contributed by atoms with E-state index in [9.17, 15) is 22.8 Å². The molecule has 188 valence electrons. The zero-order valence-corrected chi connectivity index (χ0v) is 19.8. The van der Waals surface area contributed by atoms with Gasteiger partial charge in [0.15, 0.2) is 0 Å². The fourth-order valence-electron chi connectivity index (χ4n) is 4.33. The van der Waals surface area contributed by atoms with E-state index in [1.807, 2.05) is 72.3 Å². The van der Waals surface area contributed by atoms with E-state index in [1.54, 1.807) is 0 Å². The molecule has 2 aliphatic heterocycles. The highest BCUT2D eigenvalue weighted by Crippen LogP contribution is 2.34. The Morgan fingerprint density at radius 3 is 2.20 bits per heavy atom. The third-order valence-electron chi connectivity index (χ3n) is 6.62. The van der Waals surface area contributed by atoms with Gasteiger partial charge in [0.25, 0.3) is 5.91 Å². The number of rotatable bonds is 2. The highest BCUT2D eigenvalue weighted by molar-refractivity contribution is 5.97. The van der Waals surface area contributed by atoms with Crippen molar-refractivity contribution in [3.05, 3.63) is 65.2 Å². The maximum absolute atomic E-state index is 13.1. The summed E-state index contributed by atoms with van der Waals surface area (Å²) >= 11 is 0. The van der Waals surface area contributed by atoms with Crippen LogP contribution in [0, 0.1) is 13.8 Å². The molecule has 0 saturated carbocycles. The van der Waals surface area contributed by atoms with E-state index in [2.05, 4.69) is 11.8 Å². The van der Waals surface area contributed by atoms with Crippen molar-refractivity contribution in [3.63, 3.8) is 0 Å². The second-order valence-corrected chi connectivity index (χ2v) is 8.97. The minimum atomic E-state index is -5.08. The molecule has 2 heterocycles. The van der Waals surface area contributed by atoms with E-state index in [4.69, 9.17) is 9.90 Å². The highest BCUT2D eigenvalue weighted by atomic mass is 19.4. The van der Waals surface area contributed by atoms with Crippen molar-refractivity contribution < 1.29 is 32.7 Å². The number of amides is 2. The van der Waals surface area contributed by atoms with Crippen LogP contribution in [0.5, 0.6) is 0 Å². The second kappa shape index (κ2) is 10.1. The van der Waals surface area contributed by atoms with Crippen LogP contribution in [0.3, 0.4) is 0 Å². The first-order valence-electron chi connectivity index (χ1n) is 11.1. The van der Waals surface area contributed by atoms with Crippen LogP contribution in [0.2, 0.25) is 0 Å². The molecule has 1 spiro atoms. The number of piperazine rings is 1. The first-order valence-corrected chi connectivity index (χ1v) is 11.1. The van der Waals surface area contributed by atoms with Crippen molar-refractivity contribution in [3.8, 4) is 0 Å². The molecule has 1 unspecified atom stereocenters. The zero-order valence-electron chi connectivity index (χ0n) is 19.8. The lowest BCUT2D eigenvalue weighted by Crippen LogP contribution is -2.64. The Kier molecular flexibility index (Phi) is 7.54. The van der Waals surface area contributed by atoms with Gasteiger partial charge in [-0.1, -0.05) is 24.3 Å². The van der Waals surface area contributed by atoms with E-state index < -0.39 is 12.1 Å². The smallest absolute Gasteiger partial charge is 0.475 e. The van der Waals surface area contributed by atoms with Gasteiger partial charge in [0.05, 0.1) is 12.1 Å². The predicted molar refractivity (Wildman–Crippen MR) is 124 cm³/mol. The summed E-state index contributed by atoms with van der Waals surface area (Å²) in [6.07, 6.45) is -4.21. The first-order chi connectivity index (χ1) is 16.3. The van der Waals surface area contributed by atoms with Gasteiger partial charge in [-0.2, -0.15) is 13.2 Å².